The number of aliphatic hydroxyl groups is 2. The number of hydrogen-bond donors (Lipinski definition) is 3. The fraction of sp³-hybridized carbons (Fsp3) is 0.286. The van der Waals surface area contributed by atoms with Gasteiger partial charge in [0, 0.05) is 29.9 Å². The van der Waals surface area contributed by atoms with Crippen LogP contribution in [0.1, 0.15) is 0 Å². The van der Waals surface area contributed by atoms with E-state index in [9.17, 15) is 0 Å². The van der Waals surface area contributed by atoms with Crippen LogP contribution < -0.4 is 10.6 Å². The van der Waals surface area contributed by atoms with Crippen LogP contribution in [-0.4, -0.2) is 36.5 Å². The first-order valence-electron chi connectivity index (χ1n) is 6.25. The quantitative estimate of drug-likeness (QED) is 0.710. The van der Waals surface area contributed by atoms with Crippen molar-refractivity contribution in [3.63, 3.8) is 0 Å². The number of rotatable bonds is 6. The Morgan fingerprint density at radius 1 is 1.20 bits per heavy atom. The summed E-state index contributed by atoms with van der Waals surface area (Å²) >= 11 is 6.17. The first-order chi connectivity index (χ1) is 9.67. The largest absolute Gasteiger partial charge is 0.472 e. The Morgan fingerprint density at radius 3 is 2.45 bits per heavy atom. The fourth-order valence-electron chi connectivity index (χ4n) is 2.05. The average Bonchev–Trinajstić information content (AvgIpc) is 2.95. The summed E-state index contributed by atoms with van der Waals surface area (Å²) < 4.78 is 5.07. The Balaban J connectivity index is 2.44. The Hall–Kier alpha value is -1.69. The maximum absolute atomic E-state index is 9.11. The Labute approximate surface area is 122 Å². The highest BCUT2D eigenvalue weighted by Gasteiger charge is 2.13. The highest BCUT2D eigenvalue weighted by Crippen LogP contribution is 2.36. The molecular formula is C14H17ClN2O3. The molecule has 0 aliphatic carbocycles. The molecule has 1 aromatic carbocycles. The third kappa shape index (κ3) is 3.07. The van der Waals surface area contributed by atoms with Gasteiger partial charge >= 0.3 is 0 Å². The van der Waals surface area contributed by atoms with E-state index in [2.05, 4.69) is 0 Å². The zero-order valence-corrected chi connectivity index (χ0v) is 11.7. The van der Waals surface area contributed by atoms with E-state index in [1.54, 1.807) is 24.7 Å². The van der Waals surface area contributed by atoms with Crippen LogP contribution in [0.5, 0.6) is 0 Å². The van der Waals surface area contributed by atoms with E-state index in [-0.39, 0.29) is 13.2 Å². The van der Waals surface area contributed by atoms with E-state index in [0.717, 1.165) is 16.8 Å². The van der Waals surface area contributed by atoms with Gasteiger partial charge in [0.15, 0.2) is 0 Å². The van der Waals surface area contributed by atoms with Gasteiger partial charge in [0.25, 0.3) is 0 Å². The summed E-state index contributed by atoms with van der Waals surface area (Å²) in [6.07, 6.45) is 3.16. The normalized spacial score (nSPS) is 10.8. The van der Waals surface area contributed by atoms with Crippen molar-refractivity contribution in [2.45, 2.75) is 0 Å². The molecule has 1 heterocycles. The van der Waals surface area contributed by atoms with E-state index in [4.69, 9.17) is 32.0 Å². The number of aliphatic hydroxyl groups excluding tert-OH is 2. The highest BCUT2D eigenvalue weighted by atomic mass is 35.5. The molecule has 0 bridgehead atoms. The second kappa shape index (κ2) is 6.65. The van der Waals surface area contributed by atoms with Gasteiger partial charge in [0.1, 0.15) is 0 Å². The highest BCUT2D eigenvalue weighted by molar-refractivity contribution is 6.34. The predicted molar refractivity (Wildman–Crippen MR) is 80.0 cm³/mol. The Morgan fingerprint density at radius 2 is 1.90 bits per heavy atom. The summed E-state index contributed by atoms with van der Waals surface area (Å²) in [6.45, 7) is 0.795. The predicted octanol–water partition coefficient (Wildman–Crippen LogP) is 1.97. The van der Waals surface area contributed by atoms with Crippen LogP contribution in [0.2, 0.25) is 5.02 Å². The summed E-state index contributed by atoms with van der Waals surface area (Å²) in [5.41, 5.74) is 8.87. The number of hydrogen-bond acceptors (Lipinski definition) is 5. The topological polar surface area (TPSA) is 82.9 Å². The van der Waals surface area contributed by atoms with E-state index < -0.39 is 0 Å². The van der Waals surface area contributed by atoms with Crippen molar-refractivity contribution in [2.75, 3.05) is 36.9 Å². The van der Waals surface area contributed by atoms with E-state index in [0.29, 0.717) is 23.8 Å². The zero-order valence-electron chi connectivity index (χ0n) is 10.9. The fourth-order valence-corrected chi connectivity index (χ4v) is 2.27. The number of nitrogens with zero attached hydrogens (tertiary/aromatic N) is 1. The molecule has 5 nitrogen and oxygen atoms in total. The molecule has 0 radical (unpaired) electrons. The maximum Gasteiger partial charge on any atom is 0.0981 e. The van der Waals surface area contributed by atoms with E-state index in [1.165, 1.54) is 0 Å². The summed E-state index contributed by atoms with van der Waals surface area (Å²) in [7, 11) is 0. The second-order valence-electron chi connectivity index (χ2n) is 4.34. The van der Waals surface area contributed by atoms with E-state index in [1.807, 2.05) is 11.0 Å². The molecule has 0 amide bonds. The van der Waals surface area contributed by atoms with Crippen molar-refractivity contribution < 1.29 is 14.6 Å². The molecule has 0 aliphatic rings. The molecule has 0 saturated heterocycles. The van der Waals surface area contributed by atoms with E-state index >= 15 is 0 Å². The molecule has 0 fully saturated rings. The summed E-state index contributed by atoms with van der Waals surface area (Å²) in [6, 6.07) is 5.40. The molecule has 0 spiro atoms. The standard InChI is InChI=1S/C14H17ClN2O3/c15-13-8-11(17(2-4-18)3-5-19)7-12(14(13)16)10-1-6-20-9-10/h1,6-9,18-19H,2-5,16H2. The monoisotopic (exact) mass is 296 g/mol. The van der Waals surface area contributed by atoms with Gasteiger partial charge in [-0.3, -0.25) is 0 Å². The summed E-state index contributed by atoms with van der Waals surface area (Å²) in [5, 5.41) is 18.6. The molecule has 4 N–H and O–H groups in total. The van der Waals surface area contributed by atoms with Gasteiger partial charge in [-0.25, -0.2) is 0 Å². The SMILES string of the molecule is Nc1c(Cl)cc(N(CCO)CCO)cc1-c1ccoc1. The van der Waals surface area contributed by atoms with Crippen LogP contribution in [0.3, 0.4) is 0 Å². The van der Waals surface area contributed by atoms with Gasteiger partial charge in [-0.15, -0.1) is 0 Å². The third-order valence-corrected chi connectivity index (χ3v) is 3.36. The molecule has 108 valence electrons. The summed E-state index contributed by atoms with van der Waals surface area (Å²) in [5.74, 6) is 0. The van der Waals surface area contributed by atoms with Gasteiger partial charge in [0.2, 0.25) is 0 Å². The number of nitrogens with two attached hydrogens (primary N) is 1. The molecule has 2 rings (SSSR count). The molecule has 1 aromatic heterocycles. The Bertz CT molecular complexity index is 552. The lowest BCUT2D eigenvalue weighted by molar-refractivity contribution is 0.281. The number of benzene rings is 1. The molecule has 20 heavy (non-hydrogen) atoms. The minimum atomic E-state index is -0.0109. The van der Waals surface area contributed by atoms with Crippen molar-refractivity contribution in [2.24, 2.45) is 0 Å². The number of furan rings is 1. The van der Waals surface area contributed by atoms with Crippen molar-refractivity contribution >= 4 is 23.0 Å². The molecular weight excluding hydrogens is 280 g/mol. The van der Waals surface area contributed by atoms with Crippen LogP contribution >= 0.6 is 11.6 Å². The Kier molecular flexibility index (Phi) is 4.89. The lowest BCUT2D eigenvalue weighted by atomic mass is 10.1. The van der Waals surface area contributed by atoms with Gasteiger partial charge in [0.05, 0.1) is 36.5 Å². The molecule has 0 atom stereocenters. The summed E-state index contributed by atoms with van der Waals surface area (Å²) in [4.78, 5) is 1.84. The van der Waals surface area contributed by atoms with Crippen LogP contribution in [0.25, 0.3) is 11.1 Å². The number of nitrogen functional groups attached to an aromatic ring is 1. The first kappa shape index (κ1) is 14.7. The van der Waals surface area contributed by atoms with Crippen LogP contribution in [0, 0.1) is 0 Å². The molecule has 0 aliphatic heterocycles. The number of anilines is 2. The van der Waals surface area contributed by atoms with Crippen molar-refractivity contribution in [1.82, 2.24) is 0 Å². The van der Waals surface area contributed by atoms with Crippen LogP contribution in [-0.2, 0) is 0 Å². The van der Waals surface area contributed by atoms with Crippen LogP contribution in [0.4, 0.5) is 11.4 Å². The minimum absolute atomic E-state index is 0.0109. The first-order valence-corrected chi connectivity index (χ1v) is 6.63. The molecule has 0 saturated carbocycles. The van der Waals surface area contributed by atoms with Gasteiger partial charge in [-0.2, -0.15) is 0 Å². The molecule has 2 aromatic rings. The zero-order chi connectivity index (χ0) is 14.5. The van der Waals surface area contributed by atoms with Crippen LogP contribution in [0.15, 0.2) is 35.1 Å². The number of halogens is 1. The van der Waals surface area contributed by atoms with Gasteiger partial charge < -0.3 is 25.3 Å². The van der Waals surface area contributed by atoms with Crippen molar-refractivity contribution in [1.29, 1.82) is 0 Å². The third-order valence-electron chi connectivity index (χ3n) is 3.05. The minimum Gasteiger partial charge on any atom is -0.472 e. The van der Waals surface area contributed by atoms with Crippen molar-refractivity contribution in [3.8, 4) is 11.1 Å². The van der Waals surface area contributed by atoms with Gasteiger partial charge in [-0.05, 0) is 18.2 Å². The molecule has 0 unspecified atom stereocenters. The smallest absolute Gasteiger partial charge is 0.0981 e. The lowest BCUT2D eigenvalue weighted by Crippen LogP contribution is -2.29. The lowest BCUT2D eigenvalue weighted by Gasteiger charge is -2.24. The second-order valence-corrected chi connectivity index (χ2v) is 4.74. The average molecular weight is 297 g/mol. The van der Waals surface area contributed by atoms with Crippen molar-refractivity contribution in [3.05, 3.63) is 35.7 Å². The molecule has 6 heteroatoms. The maximum atomic E-state index is 9.11. The van der Waals surface area contributed by atoms with Gasteiger partial charge in [-0.1, -0.05) is 11.6 Å².